The van der Waals surface area contributed by atoms with Gasteiger partial charge in [-0.3, -0.25) is 9.59 Å². The number of hydrogen-bond donors (Lipinski definition) is 3. The fourth-order valence-electron chi connectivity index (χ4n) is 3.15. The molecule has 0 bridgehead atoms. The van der Waals surface area contributed by atoms with Crippen LogP contribution in [0.2, 0.25) is 0 Å². The third-order valence-corrected chi connectivity index (χ3v) is 4.25. The summed E-state index contributed by atoms with van der Waals surface area (Å²) in [7, 11) is 0. The van der Waals surface area contributed by atoms with Crippen LogP contribution in [0.5, 0.6) is 0 Å². The van der Waals surface area contributed by atoms with E-state index in [-0.39, 0.29) is 10.9 Å². The monoisotopic (exact) mass is 265 g/mol. The largest absolute Gasteiger partial charge is 0.366 e. The number of nitrogens with one attached hydrogen (secondary N) is 1. The first-order chi connectivity index (χ1) is 8.53. The Balaban J connectivity index is 2.58. The maximum atomic E-state index is 11.9. The van der Waals surface area contributed by atoms with Crippen LogP contribution in [-0.2, 0) is 9.59 Å². The van der Waals surface area contributed by atoms with Crippen LogP contribution in [0, 0.1) is 22.7 Å². The van der Waals surface area contributed by atoms with Crippen LogP contribution in [0.3, 0.4) is 0 Å². The van der Waals surface area contributed by atoms with Crippen molar-refractivity contribution in [2.75, 3.05) is 0 Å². The lowest BCUT2D eigenvalue weighted by molar-refractivity contribution is -0.128. The van der Waals surface area contributed by atoms with Crippen LogP contribution in [0.4, 0.5) is 0 Å². The van der Waals surface area contributed by atoms with Crippen molar-refractivity contribution < 1.29 is 9.59 Å². The first-order valence-corrected chi connectivity index (χ1v) is 6.41. The van der Waals surface area contributed by atoms with Crippen LogP contribution in [0.25, 0.3) is 0 Å². The lowest BCUT2D eigenvalue weighted by Crippen LogP contribution is -2.51. The molecule has 6 heteroatoms. The molecule has 1 aliphatic heterocycles. The van der Waals surface area contributed by atoms with Gasteiger partial charge in [0.1, 0.15) is 5.92 Å². The minimum atomic E-state index is -0.851. The smallest absolute Gasteiger partial charge is 0.247 e. The fraction of sp³-hybridized carbons (Fsp3) is 0.583. The minimum absolute atomic E-state index is 0.209. The molecule has 1 spiro atoms. The van der Waals surface area contributed by atoms with Gasteiger partial charge in [-0.1, -0.05) is 19.3 Å². The first-order valence-electron chi connectivity index (χ1n) is 5.97. The Kier molecular flexibility index (Phi) is 3.35. The number of nitrogens with zero attached hydrogens (tertiary/aromatic N) is 1. The molecule has 0 aromatic rings. The van der Waals surface area contributed by atoms with Crippen molar-refractivity contribution in [1.82, 2.24) is 5.32 Å². The Hall–Kier alpha value is -1.48. The zero-order valence-electron chi connectivity index (χ0n) is 9.90. The highest BCUT2D eigenvalue weighted by atomic mass is 32.1. The molecule has 1 atom stereocenters. The van der Waals surface area contributed by atoms with Gasteiger partial charge < -0.3 is 11.1 Å². The van der Waals surface area contributed by atoms with Gasteiger partial charge >= 0.3 is 0 Å². The molecule has 1 aliphatic carbocycles. The van der Waals surface area contributed by atoms with Gasteiger partial charge in [-0.05, 0) is 12.8 Å². The summed E-state index contributed by atoms with van der Waals surface area (Å²) in [6.45, 7) is 0. The van der Waals surface area contributed by atoms with Gasteiger partial charge in [-0.2, -0.15) is 5.26 Å². The Morgan fingerprint density at radius 2 is 2.06 bits per heavy atom. The maximum Gasteiger partial charge on any atom is 0.247 e. The summed E-state index contributed by atoms with van der Waals surface area (Å²) in [4.78, 5) is 23.6. The summed E-state index contributed by atoms with van der Waals surface area (Å²) in [6, 6.07) is 2.03. The van der Waals surface area contributed by atoms with Crippen LogP contribution in [0.15, 0.2) is 10.6 Å². The van der Waals surface area contributed by atoms with E-state index in [4.69, 9.17) is 5.73 Å². The number of carbonyl (C=O) groups excluding carboxylic acids is 2. The van der Waals surface area contributed by atoms with E-state index >= 15 is 0 Å². The standard InChI is InChI=1S/C12H15N3O2S/c13-6-7-10(17)15-11(18)8(9(14)16)12(7)4-2-1-3-5-12/h7,18H,1-5H2,(H2,14,16)(H,15,17). The van der Waals surface area contributed by atoms with Gasteiger partial charge in [0.25, 0.3) is 0 Å². The van der Waals surface area contributed by atoms with Gasteiger partial charge in [-0.25, -0.2) is 0 Å². The minimum Gasteiger partial charge on any atom is -0.366 e. The summed E-state index contributed by atoms with van der Waals surface area (Å²) in [6.07, 6.45) is 4.12. The summed E-state index contributed by atoms with van der Waals surface area (Å²) in [5, 5.41) is 11.9. The maximum absolute atomic E-state index is 11.9. The number of amides is 2. The average molecular weight is 265 g/mol. The van der Waals surface area contributed by atoms with E-state index in [1.54, 1.807) is 0 Å². The van der Waals surface area contributed by atoms with Gasteiger partial charge in [-0.15, -0.1) is 12.6 Å². The zero-order valence-corrected chi connectivity index (χ0v) is 10.8. The Morgan fingerprint density at radius 3 is 2.56 bits per heavy atom. The third-order valence-electron chi connectivity index (χ3n) is 3.91. The highest BCUT2D eigenvalue weighted by Crippen LogP contribution is 2.51. The molecule has 3 N–H and O–H groups in total. The molecular formula is C12H15N3O2S. The van der Waals surface area contributed by atoms with E-state index in [0.717, 1.165) is 19.3 Å². The SMILES string of the molecule is N#CC1C(=O)NC(S)=C(C(N)=O)C12CCCCC2. The van der Waals surface area contributed by atoms with Crippen LogP contribution in [-0.4, -0.2) is 11.8 Å². The molecule has 18 heavy (non-hydrogen) atoms. The normalized spacial score (nSPS) is 26.7. The molecule has 0 aromatic heterocycles. The Bertz CT molecular complexity index is 472. The number of nitriles is 1. The topological polar surface area (TPSA) is 96.0 Å². The molecule has 1 heterocycles. The van der Waals surface area contributed by atoms with Crippen molar-refractivity contribution >= 4 is 24.4 Å². The molecule has 1 saturated carbocycles. The van der Waals surface area contributed by atoms with E-state index in [2.05, 4.69) is 17.9 Å². The number of nitrogens with two attached hydrogens (primary N) is 1. The molecule has 2 rings (SSSR count). The molecule has 0 radical (unpaired) electrons. The number of hydrogen-bond acceptors (Lipinski definition) is 4. The summed E-state index contributed by atoms with van der Waals surface area (Å²) in [5.41, 5.74) is 5.00. The first kappa shape index (κ1) is 13.0. The van der Waals surface area contributed by atoms with Crippen molar-refractivity contribution in [2.45, 2.75) is 32.1 Å². The quantitative estimate of drug-likeness (QED) is 0.613. The highest BCUT2D eigenvalue weighted by Gasteiger charge is 2.52. The van der Waals surface area contributed by atoms with Gasteiger partial charge in [0.2, 0.25) is 11.8 Å². The summed E-state index contributed by atoms with van der Waals surface area (Å²) in [5.74, 6) is -1.83. The van der Waals surface area contributed by atoms with E-state index < -0.39 is 17.2 Å². The molecule has 96 valence electrons. The van der Waals surface area contributed by atoms with Crippen LogP contribution in [0.1, 0.15) is 32.1 Å². The van der Waals surface area contributed by atoms with Crippen LogP contribution < -0.4 is 11.1 Å². The number of thiol groups is 1. The van der Waals surface area contributed by atoms with E-state index in [1.807, 2.05) is 6.07 Å². The Labute approximate surface area is 111 Å². The van der Waals surface area contributed by atoms with Gasteiger partial charge in [0.05, 0.1) is 16.7 Å². The molecule has 0 aromatic carbocycles. The van der Waals surface area contributed by atoms with Crippen molar-refractivity contribution in [1.29, 1.82) is 5.26 Å². The molecule has 1 unspecified atom stereocenters. The lowest BCUT2D eigenvalue weighted by Gasteiger charge is -2.43. The highest BCUT2D eigenvalue weighted by molar-refractivity contribution is 7.84. The second kappa shape index (κ2) is 4.65. The molecule has 2 aliphatic rings. The molecular weight excluding hydrogens is 250 g/mol. The molecule has 2 amide bonds. The zero-order chi connectivity index (χ0) is 13.3. The summed E-state index contributed by atoms with van der Waals surface area (Å²) < 4.78 is 0. The van der Waals surface area contributed by atoms with Gasteiger partial charge in [0, 0.05) is 5.41 Å². The van der Waals surface area contributed by atoms with Gasteiger partial charge in [0.15, 0.2) is 0 Å². The molecule has 5 nitrogen and oxygen atoms in total. The number of carbonyl (C=O) groups is 2. The Morgan fingerprint density at radius 1 is 1.44 bits per heavy atom. The summed E-state index contributed by atoms with van der Waals surface area (Å²) >= 11 is 4.16. The third kappa shape index (κ3) is 1.79. The lowest BCUT2D eigenvalue weighted by atomic mass is 9.60. The van der Waals surface area contributed by atoms with Crippen molar-refractivity contribution in [2.24, 2.45) is 17.1 Å². The molecule has 0 saturated heterocycles. The van der Waals surface area contributed by atoms with E-state index in [9.17, 15) is 14.9 Å². The fourth-order valence-corrected chi connectivity index (χ4v) is 3.59. The molecule has 1 fully saturated rings. The number of primary amides is 1. The predicted molar refractivity (Wildman–Crippen MR) is 68.0 cm³/mol. The van der Waals surface area contributed by atoms with E-state index in [0.29, 0.717) is 18.4 Å². The second-order valence-electron chi connectivity index (χ2n) is 4.86. The van der Waals surface area contributed by atoms with E-state index in [1.165, 1.54) is 0 Å². The van der Waals surface area contributed by atoms with Crippen molar-refractivity contribution in [3.63, 3.8) is 0 Å². The van der Waals surface area contributed by atoms with Crippen molar-refractivity contribution in [3.8, 4) is 6.07 Å². The van der Waals surface area contributed by atoms with Crippen LogP contribution >= 0.6 is 12.6 Å². The second-order valence-corrected chi connectivity index (χ2v) is 5.30. The number of rotatable bonds is 1. The van der Waals surface area contributed by atoms with Crippen molar-refractivity contribution in [3.05, 3.63) is 10.6 Å². The average Bonchev–Trinajstić information content (AvgIpc) is 2.29. The predicted octanol–water partition coefficient (Wildman–Crippen LogP) is 0.833.